The van der Waals surface area contributed by atoms with Crippen molar-refractivity contribution in [2.24, 2.45) is 0 Å². The van der Waals surface area contributed by atoms with Crippen LogP contribution in [0.25, 0.3) is 0 Å². The van der Waals surface area contributed by atoms with Gasteiger partial charge in [-0.15, -0.1) is 0 Å². The summed E-state index contributed by atoms with van der Waals surface area (Å²) in [4.78, 5) is 24.2. The van der Waals surface area contributed by atoms with Crippen molar-refractivity contribution in [2.45, 2.75) is 180 Å². The lowest BCUT2D eigenvalue weighted by atomic mass is 10.0. The van der Waals surface area contributed by atoms with Gasteiger partial charge in [0.2, 0.25) is 0 Å². The molecule has 0 aliphatic heterocycles. The first-order chi connectivity index (χ1) is 24.1. The smallest absolute Gasteiger partial charge is 0.306 e. The number of unbranched alkanes of at least 4 members (excludes halogenated alkanes) is 15. The van der Waals surface area contributed by atoms with E-state index < -0.39 is 6.10 Å². The van der Waals surface area contributed by atoms with Crippen molar-refractivity contribution in [3.05, 3.63) is 72.9 Å². The number of rotatable bonds is 35. The van der Waals surface area contributed by atoms with Crippen LogP contribution in [0, 0.1) is 0 Å². The fraction of sp³-hybridized carbons (Fsp3) is 0.682. The highest BCUT2D eigenvalue weighted by molar-refractivity contribution is 5.70. The van der Waals surface area contributed by atoms with Crippen molar-refractivity contribution in [3.63, 3.8) is 0 Å². The van der Waals surface area contributed by atoms with E-state index in [2.05, 4.69) is 74.6 Å². The normalized spacial score (nSPS) is 13.0. The van der Waals surface area contributed by atoms with Crippen LogP contribution in [0.15, 0.2) is 72.9 Å². The number of hydrogen-bond donors (Lipinski definition) is 1. The van der Waals surface area contributed by atoms with Crippen LogP contribution in [0.4, 0.5) is 0 Å². The first kappa shape index (κ1) is 46.3. The van der Waals surface area contributed by atoms with Crippen molar-refractivity contribution in [1.82, 2.24) is 0 Å². The lowest BCUT2D eigenvalue weighted by molar-refractivity contribution is -0.161. The maximum atomic E-state index is 12.2. The minimum Gasteiger partial charge on any atom is -0.462 e. The summed E-state index contributed by atoms with van der Waals surface area (Å²) in [6, 6.07) is 0. The molecule has 0 aromatic rings. The number of hydrogen-bond acceptors (Lipinski definition) is 5. The van der Waals surface area contributed by atoms with Crippen LogP contribution in [0.1, 0.15) is 174 Å². The van der Waals surface area contributed by atoms with Gasteiger partial charge in [0.1, 0.15) is 6.61 Å². The molecule has 0 saturated heterocycles. The number of aliphatic hydroxyl groups is 1. The standard InChI is InChI=1S/C44H74O5/c1-3-5-7-9-11-13-15-17-19-21-22-23-25-26-28-30-32-34-36-38-43(46)48-41-42(40-45)49-44(47)39-37-35-33-31-29-27-24-20-18-16-14-12-10-8-6-4-2/h5,7,11,13,17,19,22-23,26,28,32,34,42,45H,3-4,6,8-10,12,14-16,18,20-21,24-25,27,29-31,33,35-41H2,1-2H3/b7-5+,13-11+,19-17+,23-22+,28-26+,34-32+/t42-/m0/s1. The molecule has 0 spiro atoms. The number of ether oxygens (including phenoxy) is 2. The quantitative estimate of drug-likeness (QED) is 0.0409. The third-order valence-corrected chi connectivity index (χ3v) is 8.28. The second kappa shape index (κ2) is 39.8. The second-order valence-corrected chi connectivity index (χ2v) is 13.0. The maximum absolute atomic E-state index is 12.2. The van der Waals surface area contributed by atoms with Crippen LogP contribution in [-0.4, -0.2) is 36.4 Å². The zero-order valence-corrected chi connectivity index (χ0v) is 31.7. The molecule has 1 atom stereocenters. The zero-order chi connectivity index (χ0) is 35.7. The molecule has 0 aliphatic carbocycles. The van der Waals surface area contributed by atoms with Gasteiger partial charge >= 0.3 is 11.9 Å². The Bertz CT molecular complexity index is 910. The third-order valence-electron chi connectivity index (χ3n) is 8.28. The van der Waals surface area contributed by atoms with Crippen molar-refractivity contribution in [2.75, 3.05) is 13.2 Å². The molecule has 0 radical (unpaired) electrons. The largest absolute Gasteiger partial charge is 0.462 e. The summed E-state index contributed by atoms with van der Waals surface area (Å²) in [7, 11) is 0. The molecule has 0 bridgehead atoms. The summed E-state index contributed by atoms with van der Waals surface area (Å²) >= 11 is 0. The van der Waals surface area contributed by atoms with Gasteiger partial charge in [0.05, 0.1) is 6.61 Å². The molecule has 0 unspecified atom stereocenters. The topological polar surface area (TPSA) is 72.8 Å². The average Bonchev–Trinajstić information content (AvgIpc) is 3.10. The van der Waals surface area contributed by atoms with Crippen LogP contribution >= 0.6 is 0 Å². The summed E-state index contributed by atoms with van der Waals surface area (Å²) in [5.41, 5.74) is 0. The van der Waals surface area contributed by atoms with Crippen molar-refractivity contribution < 1.29 is 24.2 Å². The van der Waals surface area contributed by atoms with E-state index in [-0.39, 0.29) is 31.6 Å². The predicted molar refractivity (Wildman–Crippen MR) is 210 cm³/mol. The van der Waals surface area contributed by atoms with E-state index in [0.717, 1.165) is 57.8 Å². The van der Waals surface area contributed by atoms with E-state index in [1.54, 1.807) is 0 Å². The Hall–Kier alpha value is -2.66. The Morgan fingerprint density at radius 3 is 1.29 bits per heavy atom. The SMILES string of the molecule is CC/C=C/C/C=C/C/C=C/C/C=C/C/C=C/C/C=C/CCC(=O)OC[C@H](CO)OC(=O)CCCCCCCCCCCCCCCCCC. The molecule has 1 N–H and O–H groups in total. The van der Waals surface area contributed by atoms with Crippen LogP contribution in [0.3, 0.4) is 0 Å². The second-order valence-electron chi connectivity index (χ2n) is 13.0. The fourth-order valence-corrected chi connectivity index (χ4v) is 5.29. The van der Waals surface area contributed by atoms with Gasteiger partial charge in [-0.05, 0) is 51.4 Å². The highest BCUT2D eigenvalue weighted by Crippen LogP contribution is 2.14. The Morgan fingerprint density at radius 2 is 0.878 bits per heavy atom. The number of allylic oxidation sites excluding steroid dienone is 12. The molecule has 280 valence electrons. The number of carbonyl (C=O) groups excluding carboxylic acids is 2. The number of aliphatic hydroxyl groups excluding tert-OH is 1. The molecular weight excluding hydrogens is 608 g/mol. The third kappa shape index (κ3) is 38.0. The number of carbonyl (C=O) groups is 2. The molecule has 0 saturated carbocycles. The molecule has 0 aliphatic rings. The minimum absolute atomic E-state index is 0.107. The van der Waals surface area contributed by atoms with Crippen molar-refractivity contribution in [1.29, 1.82) is 0 Å². The number of esters is 2. The fourth-order valence-electron chi connectivity index (χ4n) is 5.29. The summed E-state index contributed by atoms with van der Waals surface area (Å²) in [5.74, 6) is -0.690. The van der Waals surface area contributed by atoms with Gasteiger partial charge in [0.15, 0.2) is 6.10 Å². The van der Waals surface area contributed by atoms with Crippen LogP contribution < -0.4 is 0 Å². The van der Waals surface area contributed by atoms with Gasteiger partial charge in [-0.3, -0.25) is 9.59 Å². The van der Waals surface area contributed by atoms with Crippen molar-refractivity contribution in [3.8, 4) is 0 Å². The average molecular weight is 683 g/mol. The summed E-state index contributed by atoms with van der Waals surface area (Å²) in [6.45, 7) is 3.95. The van der Waals surface area contributed by atoms with Gasteiger partial charge in [0, 0.05) is 12.8 Å². The van der Waals surface area contributed by atoms with E-state index in [1.165, 1.54) is 83.5 Å². The van der Waals surface area contributed by atoms with Gasteiger partial charge in [-0.1, -0.05) is 183 Å². The van der Waals surface area contributed by atoms with Crippen LogP contribution in [0.2, 0.25) is 0 Å². The van der Waals surface area contributed by atoms with Gasteiger partial charge in [-0.25, -0.2) is 0 Å². The van der Waals surface area contributed by atoms with E-state index in [9.17, 15) is 14.7 Å². The molecular formula is C44H74O5. The maximum Gasteiger partial charge on any atom is 0.306 e. The van der Waals surface area contributed by atoms with E-state index in [0.29, 0.717) is 12.8 Å². The lowest BCUT2D eigenvalue weighted by Gasteiger charge is -2.15. The molecule has 5 nitrogen and oxygen atoms in total. The van der Waals surface area contributed by atoms with Crippen LogP contribution in [0.5, 0.6) is 0 Å². The molecule has 0 aromatic heterocycles. The summed E-state index contributed by atoms with van der Waals surface area (Å²) in [6.07, 6.45) is 52.6. The summed E-state index contributed by atoms with van der Waals surface area (Å²) < 4.78 is 10.5. The molecule has 0 rings (SSSR count). The molecule has 0 amide bonds. The molecule has 0 fully saturated rings. The molecule has 0 heterocycles. The van der Waals surface area contributed by atoms with Gasteiger partial charge in [0.25, 0.3) is 0 Å². The Kier molecular flexibility index (Phi) is 37.6. The zero-order valence-electron chi connectivity index (χ0n) is 31.7. The van der Waals surface area contributed by atoms with Gasteiger partial charge < -0.3 is 14.6 Å². The minimum atomic E-state index is -0.802. The van der Waals surface area contributed by atoms with E-state index in [1.807, 2.05) is 12.2 Å². The molecule has 49 heavy (non-hydrogen) atoms. The highest BCUT2D eigenvalue weighted by atomic mass is 16.6. The monoisotopic (exact) mass is 683 g/mol. The first-order valence-electron chi connectivity index (χ1n) is 20.0. The van der Waals surface area contributed by atoms with Crippen LogP contribution in [-0.2, 0) is 19.1 Å². The van der Waals surface area contributed by atoms with E-state index in [4.69, 9.17) is 9.47 Å². The van der Waals surface area contributed by atoms with E-state index >= 15 is 0 Å². The first-order valence-corrected chi connectivity index (χ1v) is 20.0. The predicted octanol–water partition coefficient (Wildman–Crippen LogP) is 12.6. The molecule has 0 aromatic carbocycles. The van der Waals surface area contributed by atoms with Gasteiger partial charge in [-0.2, -0.15) is 0 Å². The summed E-state index contributed by atoms with van der Waals surface area (Å²) in [5, 5.41) is 9.55. The lowest BCUT2D eigenvalue weighted by Crippen LogP contribution is -2.28. The Balaban J connectivity index is 3.69. The Labute approximate surface area is 302 Å². The highest BCUT2D eigenvalue weighted by Gasteiger charge is 2.15. The van der Waals surface area contributed by atoms with Crippen molar-refractivity contribution >= 4 is 11.9 Å². The Morgan fingerprint density at radius 1 is 0.490 bits per heavy atom. The molecule has 5 heteroatoms.